The highest BCUT2D eigenvalue weighted by atomic mass is 19.3. The summed E-state index contributed by atoms with van der Waals surface area (Å²) in [6.45, 7) is -2.86. The molecule has 5 heterocycles. The third-order valence-electron chi connectivity index (χ3n) is 10.1. The maximum atomic E-state index is 15.8. The Labute approximate surface area is 327 Å². The fourth-order valence-electron chi connectivity index (χ4n) is 7.24. The third-order valence-corrected chi connectivity index (χ3v) is 10.1. The summed E-state index contributed by atoms with van der Waals surface area (Å²) in [5, 5.41) is 12.8. The minimum atomic E-state index is -3.04. The summed E-state index contributed by atoms with van der Waals surface area (Å²) in [6, 6.07) is 15.1. The number of aromatic amines is 1. The molecule has 2 saturated heterocycles. The fraction of sp³-hybridized carbons (Fsp3) is 0.200. The van der Waals surface area contributed by atoms with Gasteiger partial charge in [-0.15, -0.1) is 0 Å². The van der Waals surface area contributed by atoms with Gasteiger partial charge in [0.1, 0.15) is 29.3 Å². The van der Waals surface area contributed by atoms with Gasteiger partial charge in [-0.1, -0.05) is 24.3 Å². The number of carbonyl (C=O) groups excluding carboxylic acids is 1. The molecular formula is C40H29F6N8O5+. The number of carboxylic acids is 1. The number of anilines is 2. The molecule has 1 aliphatic carbocycles. The maximum absolute atomic E-state index is 15.8. The van der Waals surface area contributed by atoms with E-state index in [1.807, 2.05) is 0 Å². The van der Waals surface area contributed by atoms with Gasteiger partial charge in [0, 0.05) is 34.7 Å². The van der Waals surface area contributed by atoms with E-state index in [1.165, 1.54) is 36.7 Å². The quantitative estimate of drug-likeness (QED) is 0.0791. The minimum Gasteiger partial charge on any atom is -0.478 e. The number of carbonyl (C=O) groups is 2. The number of alkyl halides is 4. The Morgan fingerprint density at radius 2 is 1.68 bits per heavy atom. The molecule has 0 atom stereocenters. The lowest BCUT2D eigenvalue weighted by molar-refractivity contribution is -0.0649. The molecule has 2 aromatic heterocycles. The number of fused-ring (bicyclic) bond motifs is 3. The van der Waals surface area contributed by atoms with Gasteiger partial charge >= 0.3 is 11.9 Å². The van der Waals surface area contributed by atoms with Crippen LogP contribution >= 0.6 is 0 Å². The first kappa shape index (κ1) is 37.4. The van der Waals surface area contributed by atoms with E-state index < -0.39 is 61.5 Å². The highest BCUT2D eigenvalue weighted by Gasteiger charge is 2.50. The Hall–Kier alpha value is -7.18. The predicted molar refractivity (Wildman–Crippen MR) is 200 cm³/mol. The van der Waals surface area contributed by atoms with Crippen molar-refractivity contribution >= 4 is 45.6 Å². The molecule has 0 radical (unpaired) electrons. The molecule has 4 aliphatic rings. The van der Waals surface area contributed by atoms with E-state index in [-0.39, 0.29) is 80.6 Å². The molecule has 3 aromatic carbocycles. The first-order valence-corrected chi connectivity index (χ1v) is 17.9. The standard InChI is InChI=1S/C40H28F6N8O5/c41-26-8-24-30(10-28(26)53-14-39(43,44)15-53)59-31-11-29(54-16-40(45,46)17-54)27(42)9-25(31)32(24)23-7-21(5-6-22(23)37(56)57)35(55)48-12-19-1-3-20(4-2-19)13-58-36-33-34(50-18-49-33)51-38(47)52-36/h1-11,18H,12-17H2,(H4-,47,48,49,50,51,52,55,56,57)/p+1. The van der Waals surface area contributed by atoms with Crippen LogP contribution < -0.4 is 30.6 Å². The summed E-state index contributed by atoms with van der Waals surface area (Å²) in [5.74, 6) is -9.90. The van der Waals surface area contributed by atoms with E-state index in [1.54, 1.807) is 24.3 Å². The monoisotopic (exact) mass is 815 g/mol. The Kier molecular flexibility index (Phi) is 8.71. The van der Waals surface area contributed by atoms with E-state index >= 15 is 8.78 Å². The number of benzene rings is 4. The van der Waals surface area contributed by atoms with Gasteiger partial charge < -0.3 is 35.2 Å². The highest BCUT2D eigenvalue weighted by molar-refractivity contribution is 6.09. The second-order valence-corrected chi connectivity index (χ2v) is 14.3. The van der Waals surface area contributed by atoms with Crippen molar-refractivity contribution in [3.05, 3.63) is 112 Å². The van der Waals surface area contributed by atoms with Gasteiger partial charge in [0.2, 0.25) is 30.3 Å². The van der Waals surface area contributed by atoms with Gasteiger partial charge in [-0.3, -0.25) is 4.79 Å². The summed E-state index contributed by atoms with van der Waals surface area (Å²) in [4.78, 5) is 42.4. The molecule has 13 nitrogen and oxygen atoms in total. The van der Waals surface area contributed by atoms with Crippen LogP contribution in [0.5, 0.6) is 5.88 Å². The summed E-state index contributed by atoms with van der Waals surface area (Å²) in [5.41, 5.74) is 7.16. The Morgan fingerprint density at radius 1 is 0.932 bits per heavy atom. The van der Waals surface area contributed by atoms with Crippen molar-refractivity contribution in [2.45, 2.75) is 25.0 Å². The molecule has 0 spiro atoms. The maximum Gasteiger partial charge on any atom is 0.361 e. The molecule has 1 amide bonds. The molecule has 5 N–H and O–H groups in total. The third kappa shape index (κ3) is 6.97. The van der Waals surface area contributed by atoms with Crippen LogP contribution in [0.25, 0.3) is 44.6 Å². The lowest BCUT2D eigenvalue weighted by Gasteiger charge is -2.40. The molecule has 19 heteroatoms. The number of halogens is 6. The number of imidazole rings is 1. The van der Waals surface area contributed by atoms with Gasteiger partial charge in [-0.2, -0.15) is 23.1 Å². The smallest absolute Gasteiger partial charge is 0.361 e. The number of aromatic nitrogens is 4. The van der Waals surface area contributed by atoms with Crippen LogP contribution in [0, 0.1) is 11.6 Å². The number of nitrogens with zero attached hydrogens (tertiary/aromatic N) is 5. The lowest BCUT2D eigenvalue weighted by Crippen LogP contribution is -2.58. The molecule has 59 heavy (non-hydrogen) atoms. The zero-order chi connectivity index (χ0) is 41.4. The summed E-state index contributed by atoms with van der Waals surface area (Å²) in [7, 11) is 0. The topological polar surface area (TPSA) is 176 Å². The van der Waals surface area contributed by atoms with Gasteiger partial charge in [0.05, 0.1) is 36.7 Å². The van der Waals surface area contributed by atoms with Crippen molar-refractivity contribution in [3.8, 4) is 28.3 Å². The van der Waals surface area contributed by atoms with Crippen molar-refractivity contribution in [2.75, 3.05) is 36.8 Å². The van der Waals surface area contributed by atoms with Gasteiger partial charge in [0.15, 0.2) is 11.5 Å². The second kappa shape index (κ2) is 13.7. The number of nitrogens with two attached hydrogens (primary N) is 1. The Morgan fingerprint density at radius 3 is 2.39 bits per heavy atom. The molecule has 0 unspecified atom stereocenters. The number of rotatable bonds is 9. The van der Waals surface area contributed by atoms with Gasteiger partial charge in [-0.05, 0) is 47.0 Å². The number of nitrogen functional groups attached to an aromatic ring is 1. The fourth-order valence-corrected chi connectivity index (χ4v) is 7.24. The first-order chi connectivity index (χ1) is 28.1. The molecule has 2 fully saturated rings. The van der Waals surface area contributed by atoms with Crippen LogP contribution in [0.1, 0.15) is 31.8 Å². The van der Waals surface area contributed by atoms with E-state index in [0.717, 1.165) is 27.2 Å². The van der Waals surface area contributed by atoms with Crippen molar-refractivity contribution in [1.82, 2.24) is 29.8 Å². The van der Waals surface area contributed by atoms with Crippen molar-refractivity contribution in [3.63, 3.8) is 0 Å². The number of ether oxygens (including phenoxy) is 1. The molecule has 0 bridgehead atoms. The summed E-state index contributed by atoms with van der Waals surface area (Å²) >= 11 is 0. The molecule has 5 aromatic rings. The number of nitrogens with one attached hydrogen (secondary N) is 2. The minimum absolute atomic E-state index is 0.0000411. The second-order valence-electron chi connectivity index (χ2n) is 14.3. The van der Waals surface area contributed by atoms with Crippen LogP contribution in [-0.2, 0) is 13.2 Å². The van der Waals surface area contributed by atoms with Gasteiger partial charge in [-0.25, -0.2) is 27.5 Å². The van der Waals surface area contributed by atoms with E-state index in [4.69, 9.17) is 14.9 Å². The molecular weight excluding hydrogens is 786 g/mol. The van der Waals surface area contributed by atoms with Crippen molar-refractivity contribution < 1.29 is 50.2 Å². The zero-order valence-electron chi connectivity index (χ0n) is 30.3. The molecule has 9 rings (SSSR count). The largest absolute Gasteiger partial charge is 0.478 e. The Bertz CT molecular complexity index is 2900. The Balaban J connectivity index is 1.04. The molecule has 0 saturated carbocycles. The lowest BCUT2D eigenvalue weighted by atomic mass is 9.89. The first-order valence-electron chi connectivity index (χ1n) is 17.9. The number of amides is 1. The van der Waals surface area contributed by atoms with Crippen LogP contribution in [0.15, 0.2) is 77.5 Å². The normalized spacial score (nSPS) is 15.6. The van der Waals surface area contributed by atoms with Crippen molar-refractivity contribution in [2.24, 2.45) is 0 Å². The van der Waals surface area contributed by atoms with Crippen LogP contribution in [0.3, 0.4) is 0 Å². The summed E-state index contributed by atoms with van der Waals surface area (Å²) in [6.07, 6.45) is 1.44. The zero-order valence-corrected chi connectivity index (χ0v) is 30.3. The highest BCUT2D eigenvalue weighted by Crippen LogP contribution is 2.44. The van der Waals surface area contributed by atoms with Crippen molar-refractivity contribution in [1.29, 1.82) is 0 Å². The van der Waals surface area contributed by atoms with E-state index in [2.05, 4.69) is 25.3 Å². The SMILES string of the molecule is Nc1nc(OCc2ccc(CNC(=O)c3ccc(C(=O)O)c(-c4c5cc(F)c(=[N+]6CC(F)(F)C6)cc-5oc5cc(N6CC(F)(F)C6)c(F)cc45)c3)cc2)c2[nH]cnc2n1. The van der Waals surface area contributed by atoms with Crippen LogP contribution in [-0.4, -0.2) is 74.9 Å². The number of aromatic carboxylic acids is 1. The predicted octanol–water partition coefficient (Wildman–Crippen LogP) is 5.81. The molecule has 3 aliphatic heterocycles. The number of hydrogen-bond acceptors (Lipinski definition) is 9. The van der Waals surface area contributed by atoms with E-state index in [0.29, 0.717) is 16.7 Å². The van der Waals surface area contributed by atoms with Crippen LogP contribution in [0.4, 0.5) is 38.0 Å². The van der Waals surface area contributed by atoms with E-state index in [9.17, 15) is 32.3 Å². The number of hydrogen-bond donors (Lipinski definition) is 4. The average Bonchev–Trinajstić information content (AvgIpc) is 3.65. The number of carboxylic acid groups (broad SMARTS) is 1. The van der Waals surface area contributed by atoms with Crippen LogP contribution in [0.2, 0.25) is 0 Å². The van der Waals surface area contributed by atoms with Gasteiger partial charge in [0.25, 0.3) is 11.8 Å². The summed E-state index contributed by atoms with van der Waals surface area (Å²) < 4.78 is 99.7. The average molecular weight is 816 g/mol. The molecule has 300 valence electrons. The number of H-pyrrole nitrogens is 1.